The van der Waals surface area contributed by atoms with Crippen LogP contribution in [0.4, 0.5) is 4.39 Å². The van der Waals surface area contributed by atoms with E-state index in [0.29, 0.717) is 0 Å². The Morgan fingerprint density at radius 3 is 2.27 bits per heavy atom. The minimum atomic E-state index is -0.992. The lowest BCUT2D eigenvalue weighted by molar-refractivity contribution is 0.0500. The summed E-state index contributed by atoms with van der Waals surface area (Å²) in [6, 6.07) is 15.1. The third-order valence-electron chi connectivity index (χ3n) is 5.32. The van der Waals surface area contributed by atoms with Gasteiger partial charge in [-0.25, -0.2) is 4.39 Å². The molecule has 2 aromatic rings. The lowest BCUT2D eigenvalue weighted by Gasteiger charge is -2.41. The number of aliphatic hydroxyl groups is 2. The van der Waals surface area contributed by atoms with Crippen LogP contribution < -0.4 is 0 Å². The van der Waals surface area contributed by atoms with Gasteiger partial charge in [0.1, 0.15) is 11.4 Å². The van der Waals surface area contributed by atoms with Gasteiger partial charge in [-0.1, -0.05) is 36.1 Å². The fraction of sp³-hybridized carbons (Fsp3) is 0.440. The zero-order valence-corrected chi connectivity index (χ0v) is 17.8. The van der Waals surface area contributed by atoms with Crippen LogP contribution in [-0.4, -0.2) is 57.9 Å². The normalized spacial score (nSPS) is 18.1. The lowest BCUT2D eigenvalue weighted by atomic mass is 10.1. The minimum absolute atomic E-state index is 0.160. The quantitative estimate of drug-likeness (QED) is 0.719. The van der Waals surface area contributed by atoms with Crippen molar-refractivity contribution in [1.82, 2.24) is 9.80 Å². The Labute approximate surface area is 178 Å². The van der Waals surface area contributed by atoms with E-state index in [1.54, 1.807) is 13.8 Å². The van der Waals surface area contributed by atoms with Crippen LogP contribution in [0, 0.1) is 17.7 Å². The molecule has 0 bridgehead atoms. The van der Waals surface area contributed by atoms with Gasteiger partial charge in [0.15, 0.2) is 0 Å². The van der Waals surface area contributed by atoms with Gasteiger partial charge < -0.3 is 10.2 Å². The first kappa shape index (κ1) is 22.5. The van der Waals surface area contributed by atoms with Crippen molar-refractivity contribution in [1.29, 1.82) is 0 Å². The highest BCUT2D eigenvalue weighted by molar-refractivity contribution is 5.37. The summed E-state index contributed by atoms with van der Waals surface area (Å²) in [6.45, 7) is 7.88. The molecule has 2 aromatic carbocycles. The summed E-state index contributed by atoms with van der Waals surface area (Å²) >= 11 is 0. The Hall–Kier alpha value is -2.23. The monoisotopic (exact) mass is 410 g/mol. The molecule has 0 unspecified atom stereocenters. The van der Waals surface area contributed by atoms with Crippen molar-refractivity contribution in [2.45, 2.75) is 45.0 Å². The molecule has 1 saturated heterocycles. The van der Waals surface area contributed by atoms with Crippen molar-refractivity contribution in [2.75, 3.05) is 26.2 Å². The largest absolute Gasteiger partial charge is 0.396 e. The molecule has 160 valence electrons. The third-order valence-corrected chi connectivity index (χ3v) is 5.32. The highest BCUT2D eigenvalue weighted by Gasteiger charge is 2.26. The van der Waals surface area contributed by atoms with Crippen LogP contribution >= 0.6 is 0 Å². The summed E-state index contributed by atoms with van der Waals surface area (Å²) in [5, 5.41) is 19.3. The number of hydrogen-bond acceptors (Lipinski definition) is 4. The molecule has 4 nitrogen and oxygen atoms in total. The van der Waals surface area contributed by atoms with E-state index in [0.717, 1.165) is 50.3 Å². The lowest BCUT2D eigenvalue weighted by Crippen LogP contribution is -2.52. The summed E-state index contributed by atoms with van der Waals surface area (Å²) in [6.07, 6.45) is 0.725. The average Bonchev–Trinajstić information content (AvgIpc) is 2.71. The van der Waals surface area contributed by atoms with Gasteiger partial charge in [0.05, 0.1) is 0 Å². The molecule has 5 heteroatoms. The van der Waals surface area contributed by atoms with Gasteiger partial charge in [-0.2, -0.15) is 0 Å². The van der Waals surface area contributed by atoms with Gasteiger partial charge in [0, 0.05) is 50.9 Å². The Bertz CT molecular complexity index is 863. The zero-order chi connectivity index (χ0) is 21.6. The molecule has 0 amide bonds. The first-order valence-electron chi connectivity index (χ1n) is 10.5. The summed E-state index contributed by atoms with van der Waals surface area (Å²) in [5.74, 6) is 5.62. The van der Waals surface area contributed by atoms with Crippen LogP contribution in [0.25, 0.3) is 0 Å². The topological polar surface area (TPSA) is 46.9 Å². The molecule has 1 fully saturated rings. The van der Waals surface area contributed by atoms with Gasteiger partial charge in [-0.15, -0.1) is 0 Å². The van der Waals surface area contributed by atoms with Crippen molar-refractivity contribution in [3.8, 4) is 11.8 Å². The molecule has 30 heavy (non-hydrogen) atoms. The summed E-state index contributed by atoms with van der Waals surface area (Å²) < 4.78 is 13.2. The SMILES string of the molecule is CC(C)(O)C#Cc1ccc(CN2CCN(Cc3ccc(F)cc3)[C@@H](CCO)C2)cc1. The first-order chi connectivity index (χ1) is 14.3. The maximum atomic E-state index is 13.2. The standard InChI is InChI=1S/C25H31FN2O2/c1-25(2,30)13-11-20-3-5-21(6-4-20)17-27-14-15-28(24(19-27)12-16-29)18-22-7-9-23(26)10-8-22/h3-10,24,29-30H,12,14-19H2,1-2H3/t24-/m0/s1. The Balaban J connectivity index is 1.59. The average molecular weight is 411 g/mol. The Kier molecular flexibility index (Phi) is 7.63. The molecule has 0 aliphatic carbocycles. The van der Waals surface area contributed by atoms with E-state index in [-0.39, 0.29) is 18.5 Å². The molecular formula is C25H31FN2O2. The van der Waals surface area contributed by atoms with E-state index in [4.69, 9.17) is 0 Å². The molecule has 1 aliphatic heterocycles. The van der Waals surface area contributed by atoms with Gasteiger partial charge in [-0.3, -0.25) is 9.80 Å². The highest BCUT2D eigenvalue weighted by atomic mass is 19.1. The number of benzene rings is 2. The molecule has 0 spiro atoms. The number of rotatable bonds is 6. The Morgan fingerprint density at radius 2 is 1.63 bits per heavy atom. The molecule has 3 rings (SSSR count). The van der Waals surface area contributed by atoms with E-state index in [1.807, 2.05) is 24.3 Å². The number of aliphatic hydroxyl groups excluding tert-OH is 1. The molecule has 2 N–H and O–H groups in total. The maximum Gasteiger partial charge on any atom is 0.123 e. The van der Waals surface area contributed by atoms with Gasteiger partial charge in [0.25, 0.3) is 0 Å². The van der Waals surface area contributed by atoms with Crippen LogP contribution in [0.15, 0.2) is 48.5 Å². The van der Waals surface area contributed by atoms with Crippen LogP contribution in [0.3, 0.4) is 0 Å². The van der Waals surface area contributed by atoms with Crippen LogP contribution in [0.2, 0.25) is 0 Å². The maximum absolute atomic E-state index is 13.2. The van der Waals surface area contributed by atoms with E-state index in [9.17, 15) is 14.6 Å². The van der Waals surface area contributed by atoms with Crippen molar-refractivity contribution < 1.29 is 14.6 Å². The van der Waals surface area contributed by atoms with Gasteiger partial charge in [0.2, 0.25) is 0 Å². The molecule has 1 atom stereocenters. The molecule has 1 aliphatic rings. The molecule has 0 saturated carbocycles. The fourth-order valence-electron chi connectivity index (χ4n) is 3.73. The van der Waals surface area contributed by atoms with Gasteiger partial charge >= 0.3 is 0 Å². The van der Waals surface area contributed by atoms with E-state index in [1.165, 1.54) is 17.7 Å². The molecule has 0 radical (unpaired) electrons. The second-order valence-corrected chi connectivity index (χ2v) is 8.50. The number of piperazine rings is 1. The predicted octanol–water partition coefficient (Wildman–Crippen LogP) is 3.02. The number of hydrogen-bond donors (Lipinski definition) is 2. The van der Waals surface area contributed by atoms with E-state index < -0.39 is 5.60 Å². The van der Waals surface area contributed by atoms with Crippen molar-refractivity contribution >= 4 is 0 Å². The predicted molar refractivity (Wildman–Crippen MR) is 117 cm³/mol. The van der Waals surface area contributed by atoms with Crippen molar-refractivity contribution in [2.24, 2.45) is 0 Å². The molecular weight excluding hydrogens is 379 g/mol. The second kappa shape index (κ2) is 10.2. The van der Waals surface area contributed by atoms with Crippen molar-refractivity contribution in [3.05, 3.63) is 71.0 Å². The van der Waals surface area contributed by atoms with Crippen LogP contribution in [-0.2, 0) is 13.1 Å². The minimum Gasteiger partial charge on any atom is -0.396 e. The summed E-state index contributed by atoms with van der Waals surface area (Å²) in [4.78, 5) is 4.80. The number of halogens is 1. The van der Waals surface area contributed by atoms with Crippen molar-refractivity contribution in [3.63, 3.8) is 0 Å². The molecule has 0 aromatic heterocycles. The smallest absolute Gasteiger partial charge is 0.123 e. The number of nitrogens with zero attached hydrogens (tertiary/aromatic N) is 2. The second-order valence-electron chi connectivity index (χ2n) is 8.50. The Morgan fingerprint density at radius 1 is 1.00 bits per heavy atom. The fourth-order valence-corrected chi connectivity index (χ4v) is 3.73. The zero-order valence-electron chi connectivity index (χ0n) is 17.8. The third kappa shape index (κ3) is 6.93. The summed E-state index contributed by atoms with van der Waals surface area (Å²) in [5.41, 5.74) is 2.21. The van der Waals surface area contributed by atoms with Gasteiger partial charge in [-0.05, 0) is 55.7 Å². The summed E-state index contributed by atoms with van der Waals surface area (Å²) in [7, 11) is 0. The van der Waals surface area contributed by atoms with Crippen LogP contribution in [0.5, 0.6) is 0 Å². The van der Waals surface area contributed by atoms with E-state index in [2.05, 4.69) is 33.8 Å². The van der Waals surface area contributed by atoms with E-state index >= 15 is 0 Å². The highest BCUT2D eigenvalue weighted by Crippen LogP contribution is 2.19. The first-order valence-corrected chi connectivity index (χ1v) is 10.5. The molecule has 1 heterocycles. The van der Waals surface area contributed by atoms with Crippen LogP contribution in [0.1, 0.15) is 37.0 Å².